The molecule has 0 bridgehead atoms. The van der Waals surface area contributed by atoms with Crippen LogP contribution in [0.25, 0.3) is 0 Å². The van der Waals surface area contributed by atoms with E-state index in [9.17, 15) is 19.2 Å². The molecule has 0 aromatic carbocycles. The molecule has 2 N–H and O–H groups in total. The first-order valence-corrected chi connectivity index (χ1v) is 12.1. The first kappa shape index (κ1) is 25.8. The summed E-state index contributed by atoms with van der Waals surface area (Å²) in [5, 5.41) is 5.63. The second-order valence-electron chi connectivity index (χ2n) is 11.0. The Morgan fingerprint density at radius 1 is 1.09 bits per heavy atom. The van der Waals surface area contributed by atoms with Crippen LogP contribution in [-0.2, 0) is 14.4 Å². The number of Topliss-reactive ketones (excluding diaryl/α,β-unsaturated/α-hetero) is 1. The zero-order valence-electron chi connectivity index (χ0n) is 21.0. The monoisotopic (exact) mass is 471 g/mol. The second kappa shape index (κ2) is 10.2. The van der Waals surface area contributed by atoms with E-state index >= 15 is 0 Å². The van der Waals surface area contributed by atoms with Crippen LogP contribution >= 0.6 is 0 Å². The number of likely N-dealkylation sites (tertiary alicyclic amines) is 1. The lowest BCUT2D eigenvalue weighted by molar-refractivity contribution is -0.144. The standard InChI is InChI=1S/C25H37N5O4/c1-14(2)19(28-22(32)18-12-26-10-11-27-18)23(33)29-21(25(4,5)6)24(34)30-13-16-8-7-9-17(16)20(30)15(3)31/h10-12,14,16-17,19-21H,7-9,13H2,1-6H3,(H,28,32)(H,29,33)/t16-,17-,19-,20?,21+/m0/s1. The van der Waals surface area contributed by atoms with Crippen molar-refractivity contribution in [1.82, 2.24) is 25.5 Å². The van der Waals surface area contributed by atoms with E-state index in [4.69, 9.17) is 0 Å². The number of ketones is 1. The molecule has 1 aromatic rings. The van der Waals surface area contributed by atoms with Crippen LogP contribution in [0, 0.1) is 23.2 Å². The quantitative estimate of drug-likeness (QED) is 0.627. The van der Waals surface area contributed by atoms with Crippen LogP contribution in [0.1, 0.15) is 71.3 Å². The van der Waals surface area contributed by atoms with Crippen LogP contribution in [0.15, 0.2) is 18.6 Å². The molecule has 186 valence electrons. The van der Waals surface area contributed by atoms with Gasteiger partial charge in [0.05, 0.1) is 12.2 Å². The van der Waals surface area contributed by atoms with Gasteiger partial charge in [-0.25, -0.2) is 4.98 Å². The van der Waals surface area contributed by atoms with Gasteiger partial charge in [0.25, 0.3) is 5.91 Å². The third-order valence-corrected chi connectivity index (χ3v) is 7.02. The Morgan fingerprint density at radius 2 is 1.79 bits per heavy atom. The zero-order chi connectivity index (χ0) is 25.2. The van der Waals surface area contributed by atoms with Crippen LogP contribution in [0.4, 0.5) is 0 Å². The third kappa shape index (κ3) is 5.45. The first-order valence-electron chi connectivity index (χ1n) is 12.1. The Labute approximate surface area is 201 Å². The predicted molar refractivity (Wildman–Crippen MR) is 127 cm³/mol. The minimum absolute atomic E-state index is 0.00183. The highest BCUT2D eigenvalue weighted by atomic mass is 16.2. The Morgan fingerprint density at radius 3 is 2.35 bits per heavy atom. The number of amides is 3. The SMILES string of the molecule is CC(=O)C1[C@H]2CCC[C@H]2CN1C(=O)[C@@H](NC(=O)[C@@H](NC(=O)c1cnccn1)C(C)C)C(C)(C)C. The summed E-state index contributed by atoms with van der Waals surface area (Å²) < 4.78 is 0. The lowest BCUT2D eigenvalue weighted by Gasteiger charge is -2.37. The molecular formula is C25H37N5O4. The fourth-order valence-electron chi connectivity index (χ4n) is 5.27. The summed E-state index contributed by atoms with van der Waals surface area (Å²) in [7, 11) is 0. The van der Waals surface area contributed by atoms with E-state index in [0.717, 1.165) is 19.3 Å². The fourth-order valence-corrected chi connectivity index (χ4v) is 5.27. The Hall–Kier alpha value is -2.84. The molecule has 2 fully saturated rings. The zero-order valence-corrected chi connectivity index (χ0v) is 21.0. The maximum Gasteiger partial charge on any atom is 0.272 e. The average molecular weight is 472 g/mol. The van der Waals surface area contributed by atoms with E-state index in [-0.39, 0.29) is 29.2 Å². The second-order valence-corrected chi connectivity index (χ2v) is 11.0. The largest absolute Gasteiger partial charge is 0.342 e. The molecule has 0 radical (unpaired) electrons. The van der Waals surface area contributed by atoms with Crippen LogP contribution in [0.5, 0.6) is 0 Å². The summed E-state index contributed by atoms with van der Waals surface area (Å²) in [5.74, 6) is -0.885. The van der Waals surface area contributed by atoms with E-state index in [1.54, 1.807) is 11.8 Å². The van der Waals surface area contributed by atoms with Gasteiger partial charge in [-0.05, 0) is 42.9 Å². The molecule has 5 atom stereocenters. The summed E-state index contributed by atoms with van der Waals surface area (Å²) in [6, 6.07) is -2.14. The van der Waals surface area contributed by atoms with E-state index < -0.39 is 35.4 Å². The molecule has 1 aliphatic carbocycles. The van der Waals surface area contributed by atoms with Gasteiger partial charge in [0, 0.05) is 18.9 Å². The van der Waals surface area contributed by atoms with Gasteiger partial charge in [0.1, 0.15) is 17.8 Å². The van der Waals surface area contributed by atoms with Gasteiger partial charge in [-0.15, -0.1) is 0 Å². The summed E-state index contributed by atoms with van der Waals surface area (Å²) in [6.45, 7) is 11.4. The third-order valence-electron chi connectivity index (χ3n) is 7.02. The number of nitrogens with one attached hydrogen (secondary N) is 2. The predicted octanol–water partition coefficient (Wildman–Crippen LogP) is 1.98. The van der Waals surface area contributed by atoms with E-state index in [0.29, 0.717) is 12.5 Å². The molecule has 1 aromatic heterocycles. The van der Waals surface area contributed by atoms with Crippen molar-refractivity contribution in [2.24, 2.45) is 23.2 Å². The molecule has 1 unspecified atom stereocenters. The number of rotatable bonds is 7. The van der Waals surface area contributed by atoms with Crippen LogP contribution in [0.2, 0.25) is 0 Å². The molecule has 1 saturated carbocycles. The Bertz CT molecular complexity index is 927. The van der Waals surface area contributed by atoms with Crippen molar-refractivity contribution < 1.29 is 19.2 Å². The number of aromatic nitrogens is 2. The van der Waals surface area contributed by atoms with E-state index in [1.165, 1.54) is 18.6 Å². The van der Waals surface area contributed by atoms with Gasteiger partial charge in [-0.1, -0.05) is 41.0 Å². The van der Waals surface area contributed by atoms with Crippen molar-refractivity contribution in [2.75, 3.05) is 6.54 Å². The number of nitrogens with zero attached hydrogens (tertiary/aromatic N) is 3. The Kier molecular flexibility index (Phi) is 7.73. The van der Waals surface area contributed by atoms with Crippen molar-refractivity contribution in [1.29, 1.82) is 0 Å². The molecule has 9 nitrogen and oxygen atoms in total. The van der Waals surface area contributed by atoms with Crippen LogP contribution < -0.4 is 10.6 Å². The minimum atomic E-state index is -0.867. The maximum atomic E-state index is 13.8. The number of hydrogen-bond acceptors (Lipinski definition) is 6. The number of carbonyl (C=O) groups excluding carboxylic acids is 4. The molecule has 2 aliphatic rings. The molecule has 3 rings (SSSR count). The van der Waals surface area contributed by atoms with Crippen molar-refractivity contribution in [2.45, 2.75) is 78.9 Å². The van der Waals surface area contributed by atoms with Crippen molar-refractivity contribution >= 4 is 23.5 Å². The molecule has 2 heterocycles. The molecular weight excluding hydrogens is 434 g/mol. The van der Waals surface area contributed by atoms with E-state index in [2.05, 4.69) is 20.6 Å². The van der Waals surface area contributed by atoms with Gasteiger partial charge in [0.2, 0.25) is 11.8 Å². The van der Waals surface area contributed by atoms with Gasteiger partial charge < -0.3 is 15.5 Å². The molecule has 9 heteroatoms. The lowest BCUT2D eigenvalue weighted by Crippen LogP contribution is -2.60. The first-order chi connectivity index (χ1) is 15.9. The Balaban J connectivity index is 1.79. The highest BCUT2D eigenvalue weighted by Gasteiger charge is 2.50. The number of fused-ring (bicyclic) bond motifs is 1. The molecule has 3 amide bonds. The van der Waals surface area contributed by atoms with Crippen molar-refractivity contribution in [3.63, 3.8) is 0 Å². The van der Waals surface area contributed by atoms with Crippen LogP contribution in [0.3, 0.4) is 0 Å². The smallest absolute Gasteiger partial charge is 0.272 e. The highest BCUT2D eigenvalue weighted by molar-refractivity contribution is 5.98. The maximum absolute atomic E-state index is 13.8. The summed E-state index contributed by atoms with van der Waals surface area (Å²) >= 11 is 0. The van der Waals surface area contributed by atoms with Gasteiger partial charge >= 0.3 is 0 Å². The van der Waals surface area contributed by atoms with Crippen molar-refractivity contribution in [3.05, 3.63) is 24.3 Å². The van der Waals surface area contributed by atoms with E-state index in [1.807, 2.05) is 34.6 Å². The molecule has 34 heavy (non-hydrogen) atoms. The lowest BCUT2D eigenvalue weighted by atomic mass is 9.84. The summed E-state index contributed by atoms with van der Waals surface area (Å²) in [4.78, 5) is 61.8. The molecule has 1 aliphatic heterocycles. The average Bonchev–Trinajstić information content (AvgIpc) is 3.35. The molecule has 0 spiro atoms. The fraction of sp³-hybridized carbons (Fsp3) is 0.680. The summed E-state index contributed by atoms with van der Waals surface area (Å²) in [6.07, 6.45) is 7.26. The normalized spacial score (nSPS) is 23.9. The van der Waals surface area contributed by atoms with Crippen molar-refractivity contribution in [3.8, 4) is 0 Å². The summed E-state index contributed by atoms with van der Waals surface area (Å²) in [5.41, 5.74) is -0.486. The highest BCUT2D eigenvalue weighted by Crippen LogP contribution is 2.43. The van der Waals surface area contributed by atoms with Gasteiger partial charge in [0.15, 0.2) is 5.78 Å². The minimum Gasteiger partial charge on any atom is -0.342 e. The van der Waals surface area contributed by atoms with Gasteiger partial charge in [-0.2, -0.15) is 0 Å². The number of hydrogen-bond donors (Lipinski definition) is 2. The topological polar surface area (TPSA) is 121 Å². The number of carbonyl (C=O) groups is 4. The van der Waals surface area contributed by atoms with Gasteiger partial charge in [-0.3, -0.25) is 24.2 Å². The molecule has 1 saturated heterocycles. The van der Waals surface area contributed by atoms with Crippen LogP contribution in [-0.4, -0.2) is 63.0 Å².